The normalized spacial score (nSPS) is 12.2. The summed E-state index contributed by atoms with van der Waals surface area (Å²) in [7, 11) is 0. The van der Waals surface area contributed by atoms with E-state index in [9.17, 15) is 4.79 Å². The van der Waals surface area contributed by atoms with Crippen molar-refractivity contribution in [1.29, 1.82) is 0 Å². The van der Waals surface area contributed by atoms with Crippen molar-refractivity contribution >= 4 is 17.5 Å². The number of halogens is 1. The third-order valence-electron chi connectivity index (χ3n) is 2.77. The highest BCUT2D eigenvalue weighted by molar-refractivity contribution is 6.30. The fourth-order valence-electron chi connectivity index (χ4n) is 1.53. The third kappa shape index (κ3) is 6.03. The molecule has 0 saturated carbocycles. The molecular weight excluding hydrogens is 248 g/mol. The summed E-state index contributed by atoms with van der Waals surface area (Å²) in [6.07, 6.45) is 1.46. The van der Waals surface area contributed by atoms with E-state index >= 15 is 0 Å². The lowest BCUT2D eigenvalue weighted by molar-refractivity contribution is -0.121. The van der Waals surface area contributed by atoms with Crippen LogP contribution in [-0.2, 0) is 11.3 Å². The van der Waals surface area contributed by atoms with Gasteiger partial charge in [-0.25, -0.2) is 0 Å². The number of nitrogens with one attached hydrogen (secondary N) is 2. The molecule has 0 aromatic heterocycles. The summed E-state index contributed by atoms with van der Waals surface area (Å²) in [6.45, 7) is 5.48. The van der Waals surface area contributed by atoms with Gasteiger partial charge in [-0.15, -0.1) is 0 Å². The molecule has 1 rings (SSSR count). The molecule has 100 valence electrons. The van der Waals surface area contributed by atoms with E-state index in [1.54, 1.807) is 0 Å². The zero-order valence-electron chi connectivity index (χ0n) is 11.0. The van der Waals surface area contributed by atoms with E-state index in [2.05, 4.69) is 17.6 Å². The molecular formula is C14H21ClN2O. The Balaban J connectivity index is 2.17. The molecule has 3 nitrogen and oxygen atoms in total. The third-order valence-corrected chi connectivity index (χ3v) is 3.00. The fourth-order valence-corrected chi connectivity index (χ4v) is 1.74. The first-order valence-corrected chi connectivity index (χ1v) is 6.74. The van der Waals surface area contributed by atoms with Crippen molar-refractivity contribution in [3.8, 4) is 0 Å². The SMILES string of the molecule is CCC(C)NC(=O)CCNCc1cccc(Cl)c1. The van der Waals surface area contributed by atoms with Crippen LogP contribution in [0.3, 0.4) is 0 Å². The Morgan fingerprint density at radius 2 is 2.22 bits per heavy atom. The van der Waals surface area contributed by atoms with Gasteiger partial charge in [0.15, 0.2) is 0 Å². The van der Waals surface area contributed by atoms with Crippen molar-refractivity contribution < 1.29 is 4.79 Å². The largest absolute Gasteiger partial charge is 0.354 e. The molecule has 0 aliphatic carbocycles. The zero-order chi connectivity index (χ0) is 13.4. The van der Waals surface area contributed by atoms with Crippen LogP contribution in [0.4, 0.5) is 0 Å². The molecule has 0 bridgehead atoms. The highest BCUT2D eigenvalue weighted by atomic mass is 35.5. The molecule has 1 amide bonds. The van der Waals surface area contributed by atoms with Gasteiger partial charge in [0.1, 0.15) is 0 Å². The van der Waals surface area contributed by atoms with Crippen LogP contribution in [0.1, 0.15) is 32.3 Å². The molecule has 1 aromatic carbocycles. The maximum atomic E-state index is 11.5. The van der Waals surface area contributed by atoms with E-state index in [-0.39, 0.29) is 11.9 Å². The van der Waals surface area contributed by atoms with Crippen LogP contribution in [0.5, 0.6) is 0 Å². The summed E-state index contributed by atoms with van der Waals surface area (Å²) in [6, 6.07) is 7.97. The zero-order valence-corrected chi connectivity index (χ0v) is 11.8. The lowest BCUT2D eigenvalue weighted by Crippen LogP contribution is -2.33. The average molecular weight is 269 g/mol. The molecule has 1 atom stereocenters. The fraction of sp³-hybridized carbons (Fsp3) is 0.500. The monoisotopic (exact) mass is 268 g/mol. The van der Waals surface area contributed by atoms with Gasteiger partial charge in [0.05, 0.1) is 0 Å². The maximum Gasteiger partial charge on any atom is 0.221 e. The van der Waals surface area contributed by atoms with Gasteiger partial charge in [-0.2, -0.15) is 0 Å². The summed E-state index contributed by atoms with van der Waals surface area (Å²) in [5, 5.41) is 6.91. The van der Waals surface area contributed by atoms with E-state index in [4.69, 9.17) is 11.6 Å². The smallest absolute Gasteiger partial charge is 0.221 e. The minimum absolute atomic E-state index is 0.0999. The molecule has 0 heterocycles. The van der Waals surface area contributed by atoms with Crippen LogP contribution >= 0.6 is 11.6 Å². The van der Waals surface area contributed by atoms with E-state index in [0.29, 0.717) is 13.0 Å². The molecule has 0 radical (unpaired) electrons. The summed E-state index contributed by atoms with van der Waals surface area (Å²) >= 11 is 5.89. The van der Waals surface area contributed by atoms with Gasteiger partial charge < -0.3 is 10.6 Å². The Hall–Kier alpha value is -1.06. The summed E-state index contributed by atoms with van der Waals surface area (Å²) in [5.41, 5.74) is 1.13. The lowest BCUT2D eigenvalue weighted by Gasteiger charge is -2.11. The highest BCUT2D eigenvalue weighted by Gasteiger charge is 2.04. The number of hydrogen-bond acceptors (Lipinski definition) is 2. The van der Waals surface area contributed by atoms with Gasteiger partial charge in [0.25, 0.3) is 0 Å². The van der Waals surface area contributed by atoms with Crippen molar-refractivity contribution in [3.05, 3.63) is 34.9 Å². The van der Waals surface area contributed by atoms with Crippen molar-refractivity contribution in [2.24, 2.45) is 0 Å². The minimum Gasteiger partial charge on any atom is -0.354 e. The highest BCUT2D eigenvalue weighted by Crippen LogP contribution is 2.10. The molecule has 18 heavy (non-hydrogen) atoms. The number of carbonyl (C=O) groups excluding carboxylic acids is 1. The number of amides is 1. The summed E-state index contributed by atoms with van der Waals surface area (Å²) in [4.78, 5) is 11.5. The molecule has 2 N–H and O–H groups in total. The van der Waals surface area contributed by atoms with E-state index < -0.39 is 0 Å². The second-order valence-electron chi connectivity index (χ2n) is 4.43. The van der Waals surface area contributed by atoms with Crippen LogP contribution in [0, 0.1) is 0 Å². The van der Waals surface area contributed by atoms with Gasteiger partial charge in [0.2, 0.25) is 5.91 Å². The Bertz CT molecular complexity index is 382. The minimum atomic E-state index is 0.0999. The standard InChI is InChI=1S/C14H21ClN2O/c1-3-11(2)17-14(18)7-8-16-10-12-5-4-6-13(15)9-12/h4-6,9,11,16H,3,7-8,10H2,1-2H3,(H,17,18). The van der Waals surface area contributed by atoms with Crippen molar-refractivity contribution in [1.82, 2.24) is 10.6 Å². The van der Waals surface area contributed by atoms with Gasteiger partial charge in [0, 0.05) is 30.6 Å². The van der Waals surface area contributed by atoms with Crippen LogP contribution in [0.15, 0.2) is 24.3 Å². The van der Waals surface area contributed by atoms with Crippen molar-refractivity contribution in [2.45, 2.75) is 39.3 Å². The van der Waals surface area contributed by atoms with Crippen LogP contribution in [0.25, 0.3) is 0 Å². The number of rotatable bonds is 7. The van der Waals surface area contributed by atoms with Gasteiger partial charge >= 0.3 is 0 Å². The number of hydrogen-bond donors (Lipinski definition) is 2. The van der Waals surface area contributed by atoms with E-state index in [0.717, 1.165) is 23.6 Å². The first kappa shape index (κ1) is 15.0. The van der Waals surface area contributed by atoms with E-state index in [1.165, 1.54) is 0 Å². The van der Waals surface area contributed by atoms with Crippen molar-refractivity contribution in [2.75, 3.05) is 6.54 Å². The summed E-state index contributed by atoms with van der Waals surface area (Å²) in [5.74, 6) is 0.0999. The Morgan fingerprint density at radius 1 is 1.44 bits per heavy atom. The first-order valence-electron chi connectivity index (χ1n) is 6.36. The topological polar surface area (TPSA) is 41.1 Å². The molecule has 4 heteroatoms. The molecule has 0 saturated heterocycles. The molecule has 0 aliphatic rings. The quantitative estimate of drug-likeness (QED) is 0.747. The predicted octanol–water partition coefficient (Wildman–Crippen LogP) is 2.73. The number of carbonyl (C=O) groups is 1. The van der Waals surface area contributed by atoms with E-state index in [1.807, 2.05) is 31.2 Å². The Kier molecular flexibility index (Phi) is 6.76. The van der Waals surface area contributed by atoms with Crippen molar-refractivity contribution in [3.63, 3.8) is 0 Å². The molecule has 0 aliphatic heterocycles. The maximum absolute atomic E-state index is 11.5. The average Bonchev–Trinajstić information content (AvgIpc) is 2.34. The second kappa shape index (κ2) is 8.11. The van der Waals surface area contributed by atoms with Crippen LogP contribution in [-0.4, -0.2) is 18.5 Å². The lowest BCUT2D eigenvalue weighted by atomic mass is 10.2. The molecule has 1 aromatic rings. The second-order valence-corrected chi connectivity index (χ2v) is 4.87. The number of benzene rings is 1. The van der Waals surface area contributed by atoms with Crippen LogP contribution < -0.4 is 10.6 Å². The predicted molar refractivity (Wildman–Crippen MR) is 75.7 cm³/mol. The molecule has 1 unspecified atom stereocenters. The van der Waals surface area contributed by atoms with Crippen LogP contribution in [0.2, 0.25) is 5.02 Å². The first-order chi connectivity index (χ1) is 8.61. The summed E-state index contributed by atoms with van der Waals surface area (Å²) < 4.78 is 0. The molecule has 0 fully saturated rings. The Labute approximate surface area is 114 Å². The Morgan fingerprint density at radius 3 is 2.89 bits per heavy atom. The van der Waals surface area contributed by atoms with Gasteiger partial charge in [-0.1, -0.05) is 30.7 Å². The van der Waals surface area contributed by atoms with Gasteiger partial charge in [-0.05, 0) is 31.0 Å². The molecule has 0 spiro atoms. The van der Waals surface area contributed by atoms with Gasteiger partial charge in [-0.3, -0.25) is 4.79 Å².